The highest BCUT2D eigenvalue weighted by atomic mass is 35.5. The van der Waals surface area contributed by atoms with Gasteiger partial charge in [-0.15, -0.1) is 0 Å². The van der Waals surface area contributed by atoms with Crippen molar-refractivity contribution in [3.8, 4) is 11.3 Å². The van der Waals surface area contributed by atoms with Gasteiger partial charge in [-0.25, -0.2) is 4.39 Å². The third-order valence-electron chi connectivity index (χ3n) is 3.69. The Labute approximate surface area is 144 Å². The van der Waals surface area contributed by atoms with Crippen molar-refractivity contribution >= 4 is 17.5 Å². The number of hydrogen-bond acceptors (Lipinski definition) is 2. The molecule has 1 heterocycles. The Morgan fingerprint density at radius 1 is 1.08 bits per heavy atom. The number of amides is 1. The van der Waals surface area contributed by atoms with Crippen molar-refractivity contribution in [1.82, 2.24) is 5.32 Å². The molecule has 0 radical (unpaired) electrons. The molecular formula is C19H15ClFNO2. The minimum absolute atomic E-state index is 0.133. The first-order valence-electron chi connectivity index (χ1n) is 7.45. The SMILES string of the molecule is CC(NC(=O)c1ccc(-c2ccccc2F)o1)c1ccc(Cl)cc1. The van der Waals surface area contributed by atoms with E-state index in [1.54, 1.807) is 36.4 Å². The molecule has 0 saturated heterocycles. The maximum atomic E-state index is 13.8. The van der Waals surface area contributed by atoms with E-state index >= 15 is 0 Å². The second-order valence-corrected chi connectivity index (χ2v) is 5.83. The van der Waals surface area contributed by atoms with E-state index in [1.165, 1.54) is 12.1 Å². The van der Waals surface area contributed by atoms with Crippen molar-refractivity contribution in [2.75, 3.05) is 0 Å². The fraction of sp³-hybridized carbons (Fsp3) is 0.105. The highest BCUT2D eigenvalue weighted by molar-refractivity contribution is 6.30. The summed E-state index contributed by atoms with van der Waals surface area (Å²) in [5.74, 6) is -0.306. The molecule has 1 amide bonds. The van der Waals surface area contributed by atoms with E-state index in [4.69, 9.17) is 16.0 Å². The van der Waals surface area contributed by atoms with E-state index in [1.807, 2.05) is 19.1 Å². The molecule has 2 aromatic carbocycles. The van der Waals surface area contributed by atoms with Gasteiger partial charge in [0.05, 0.1) is 11.6 Å². The normalized spacial score (nSPS) is 12.0. The monoisotopic (exact) mass is 343 g/mol. The van der Waals surface area contributed by atoms with Crippen LogP contribution in [0.3, 0.4) is 0 Å². The fourth-order valence-corrected chi connectivity index (χ4v) is 2.49. The zero-order valence-corrected chi connectivity index (χ0v) is 13.7. The van der Waals surface area contributed by atoms with Crippen LogP contribution in [0, 0.1) is 5.82 Å². The second-order valence-electron chi connectivity index (χ2n) is 5.39. The van der Waals surface area contributed by atoms with Gasteiger partial charge in [0.1, 0.15) is 11.6 Å². The first-order chi connectivity index (χ1) is 11.5. The average molecular weight is 344 g/mol. The number of hydrogen-bond donors (Lipinski definition) is 1. The largest absolute Gasteiger partial charge is 0.451 e. The molecule has 3 rings (SSSR count). The standard InChI is InChI=1S/C19H15ClFNO2/c1-12(13-6-8-14(20)9-7-13)22-19(23)18-11-10-17(24-18)15-4-2-3-5-16(15)21/h2-12H,1H3,(H,22,23). The van der Waals surface area contributed by atoms with Gasteiger partial charge in [0.15, 0.2) is 5.76 Å². The van der Waals surface area contributed by atoms with Gasteiger partial charge in [0.25, 0.3) is 5.91 Å². The van der Waals surface area contributed by atoms with Gasteiger partial charge >= 0.3 is 0 Å². The molecule has 1 aromatic heterocycles. The van der Waals surface area contributed by atoms with Crippen molar-refractivity contribution in [1.29, 1.82) is 0 Å². The Morgan fingerprint density at radius 2 is 1.79 bits per heavy atom. The molecule has 1 N–H and O–H groups in total. The smallest absolute Gasteiger partial charge is 0.287 e. The van der Waals surface area contributed by atoms with Crippen LogP contribution in [0.5, 0.6) is 0 Å². The van der Waals surface area contributed by atoms with Crippen molar-refractivity contribution in [2.45, 2.75) is 13.0 Å². The number of carbonyl (C=O) groups is 1. The van der Waals surface area contributed by atoms with Gasteiger partial charge in [0, 0.05) is 5.02 Å². The highest BCUT2D eigenvalue weighted by Gasteiger charge is 2.16. The molecule has 1 atom stereocenters. The maximum absolute atomic E-state index is 13.8. The van der Waals surface area contributed by atoms with Crippen LogP contribution in [0.25, 0.3) is 11.3 Å². The van der Waals surface area contributed by atoms with E-state index in [0.717, 1.165) is 5.56 Å². The van der Waals surface area contributed by atoms with Crippen LogP contribution in [-0.2, 0) is 0 Å². The van der Waals surface area contributed by atoms with E-state index in [9.17, 15) is 9.18 Å². The third kappa shape index (κ3) is 3.49. The summed E-state index contributed by atoms with van der Waals surface area (Å²) in [5.41, 5.74) is 1.25. The van der Waals surface area contributed by atoms with Crippen molar-refractivity contribution in [3.05, 3.63) is 82.8 Å². The summed E-state index contributed by atoms with van der Waals surface area (Å²) >= 11 is 5.86. The van der Waals surface area contributed by atoms with Gasteiger partial charge in [-0.1, -0.05) is 35.9 Å². The minimum Gasteiger partial charge on any atom is -0.451 e. The molecule has 0 fully saturated rings. The number of carbonyl (C=O) groups excluding carboxylic acids is 1. The first kappa shape index (κ1) is 16.3. The van der Waals surface area contributed by atoms with Crippen LogP contribution in [-0.4, -0.2) is 5.91 Å². The average Bonchev–Trinajstić information content (AvgIpc) is 3.05. The van der Waals surface area contributed by atoms with E-state index in [-0.39, 0.29) is 17.7 Å². The molecule has 5 heteroatoms. The van der Waals surface area contributed by atoms with Crippen LogP contribution >= 0.6 is 11.6 Å². The minimum atomic E-state index is -0.395. The number of rotatable bonds is 4. The number of benzene rings is 2. The lowest BCUT2D eigenvalue weighted by atomic mass is 10.1. The first-order valence-corrected chi connectivity index (χ1v) is 7.83. The highest BCUT2D eigenvalue weighted by Crippen LogP contribution is 2.25. The van der Waals surface area contributed by atoms with Gasteiger partial charge in [-0.05, 0) is 48.9 Å². The molecule has 3 nitrogen and oxygen atoms in total. The Hall–Kier alpha value is -2.59. The Morgan fingerprint density at radius 3 is 2.50 bits per heavy atom. The predicted octanol–water partition coefficient (Wildman–Crippen LogP) is 5.23. The molecule has 24 heavy (non-hydrogen) atoms. The molecule has 0 bridgehead atoms. The van der Waals surface area contributed by atoms with Gasteiger partial charge in [0.2, 0.25) is 0 Å². The maximum Gasteiger partial charge on any atom is 0.287 e. The quantitative estimate of drug-likeness (QED) is 0.704. The zero-order chi connectivity index (χ0) is 17.1. The molecule has 122 valence electrons. The topological polar surface area (TPSA) is 42.2 Å². The summed E-state index contributed by atoms with van der Waals surface area (Å²) in [6.07, 6.45) is 0. The van der Waals surface area contributed by atoms with Crippen molar-refractivity contribution in [3.63, 3.8) is 0 Å². The van der Waals surface area contributed by atoms with E-state index in [0.29, 0.717) is 16.3 Å². The molecular weight excluding hydrogens is 329 g/mol. The molecule has 0 saturated carbocycles. The molecule has 1 unspecified atom stereocenters. The number of furan rings is 1. The summed E-state index contributed by atoms with van der Waals surface area (Å²) in [6.45, 7) is 1.86. The van der Waals surface area contributed by atoms with Gasteiger partial charge < -0.3 is 9.73 Å². The molecule has 0 aliphatic heterocycles. The van der Waals surface area contributed by atoms with Crippen LogP contribution in [0.15, 0.2) is 65.1 Å². The third-order valence-corrected chi connectivity index (χ3v) is 3.94. The summed E-state index contributed by atoms with van der Waals surface area (Å²) in [7, 11) is 0. The second kappa shape index (κ2) is 6.89. The Bertz CT molecular complexity index is 858. The summed E-state index contributed by atoms with van der Waals surface area (Å²) < 4.78 is 19.3. The predicted molar refractivity (Wildman–Crippen MR) is 91.4 cm³/mol. The zero-order valence-electron chi connectivity index (χ0n) is 12.9. The van der Waals surface area contributed by atoms with Gasteiger partial charge in [-0.2, -0.15) is 0 Å². The lowest BCUT2D eigenvalue weighted by molar-refractivity contribution is 0.0912. The van der Waals surface area contributed by atoms with E-state index < -0.39 is 5.82 Å². The van der Waals surface area contributed by atoms with Crippen LogP contribution < -0.4 is 5.32 Å². The van der Waals surface area contributed by atoms with Crippen LogP contribution in [0.2, 0.25) is 5.02 Å². The summed E-state index contributed by atoms with van der Waals surface area (Å²) in [4.78, 5) is 12.3. The van der Waals surface area contributed by atoms with Gasteiger partial charge in [-0.3, -0.25) is 4.79 Å². The van der Waals surface area contributed by atoms with Crippen molar-refractivity contribution in [2.24, 2.45) is 0 Å². The van der Waals surface area contributed by atoms with Crippen LogP contribution in [0.4, 0.5) is 4.39 Å². The summed E-state index contributed by atoms with van der Waals surface area (Å²) in [6, 6.07) is 16.4. The van der Waals surface area contributed by atoms with Crippen molar-refractivity contribution < 1.29 is 13.6 Å². The lowest BCUT2D eigenvalue weighted by Gasteiger charge is -2.13. The van der Waals surface area contributed by atoms with Crippen LogP contribution in [0.1, 0.15) is 29.1 Å². The molecule has 0 aliphatic carbocycles. The number of halogens is 2. The molecule has 0 spiro atoms. The molecule has 3 aromatic rings. The number of nitrogens with one attached hydrogen (secondary N) is 1. The molecule has 0 aliphatic rings. The Balaban J connectivity index is 1.74. The summed E-state index contributed by atoms with van der Waals surface area (Å²) in [5, 5.41) is 3.48. The lowest BCUT2D eigenvalue weighted by Crippen LogP contribution is -2.26. The van der Waals surface area contributed by atoms with E-state index in [2.05, 4.69) is 5.32 Å². The Kier molecular flexibility index (Phi) is 4.67. The fourth-order valence-electron chi connectivity index (χ4n) is 2.37.